The molecule has 26 heavy (non-hydrogen) atoms. The Morgan fingerprint density at radius 2 is 1.85 bits per heavy atom. The fraction of sp³-hybridized carbons (Fsp3) is 0.136. The van der Waals surface area contributed by atoms with Crippen molar-refractivity contribution in [1.82, 2.24) is 4.98 Å². The molecule has 0 radical (unpaired) electrons. The molecule has 0 aliphatic carbocycles. The van der Waals surface area contributed by atoms with Crippen LogP contribution in [-0.2, 0) is 6.61 Å². The molecule has 0 bridgehead atoms. The Labute approximate surface area is 156 Å². The van der Waals surface area contributed by atoms with E-state index in [-0.39, 0.29) is 0 Å². The van der Waals surface area contributed by atoms with Gasteiger partial charge in [-0.2, -0.15) is 0 Å². The van der Waals surface area contributed by atoms with E-state index >= 15 is 0 Å². The zero-order valence-electron chi connectivity index (χ0n) is 14.7. The lowest BCUT2D eigenvalue weighted by atomic mass is 10.1. The third-order valence-electron chi connectivity index (χ3n) is 4.22. The Morgan fingerprint density at radius 1 is 0.962 bits per heavy atom. The standard InChI is InChI=1S/C22H19NO2S/c1-15-7-8-19(20(9-15)24-2)25-14-16-10-18(13-23-12-16)22-11-17-5-3-4-6-21(17)26-22/h3-13H,14H2,1-2H3. The Kier molecular flexibility index (Phi) is 4.59. The summed E-state index contributed by atoms with van der Waals surface area (Å²) >= 11 is 1.78. The average molecular weight is 361 g/mol. The molecule has 0 amide bonds. The third-order valence-corrected chi connectivity index (χ3v) is 5.38. The van der Waals surface area contributed by atoms with Crippen LogP contribution < -0.4 is 9.47 Å². The first-order valence-corrected chi connectivity index (χ1v) is 9.25. The van der Waals surface area contributed by atoms with Crippen LogP contribution >= 0.6 is 11.3 Å². The number of pyridine rings is 1. The lowest BCUT2D eigenvalue weighted by Crippen LogP contribution is -1.98. The van der Waals surface area contributed by atoms with Gasteiger partial charge in [-0.15, -0.1) is 11.3 Å². The van der Waals surface area contributed by atoms with Gasteiger partial charge in [0.15, 0.2) is 11.5 Å². The second kappa shape index (κ2) is 7.18. The number of rotatable bonds is 5. The quantitative estimate of drug-likeness (QED) is 0.446. The van der Waals surface area contributed by atoms with E-state index in [2.05, 4.69) is 41.4 Å². The van der Waals surface area contributed by atoms with Crippen molar-refractivity contribution in [1.29, 1.82) is 0 Å². The zero-order chi connectivity index (χ0) is 17.9. The molecule has 0 N–H and O–H groups in total. The molecule has 2 heterocycles. The maximum Gasteiger partial charge on any atom is 0.161 e. The van der Waals surface area contributed by atoms with Crippen LogP contribution in [0.1, 0.15) is 11.1 Å². The third kappa shape index (κ3) is 3.41. The van der Waals surface area contributed by atoms with Gasteiger partial charge in [-0.3, -0.25) is 4.98 Å². The van der Waals surface area contributed by atoms with Crippen LogP contribution in [0.5, 0.6) is 11.5 Å². The van der Waals surface area contributed by atoms with Gasteiger partial charge in [0.1, 0.15) is 6.61 Å². The van der Waals surface area contributed by atoms with Gasteiger partial charge < -0.3 is 9.47 Å². The average Bonchev–Trinajstić information content (AvgIpc) is 3.11. The molecule has 0 saturated heterocycles. The number of thiophene rings is 1. The van der Waals surface area contributed by atoms with E-state index in [0.29, 0.717) is 6.61 Å². The lowest BCUT2D eigenvalue weighted by molar-refractivity contribution is 0.284. The summed E-state index contributed by atoms with van der Waals surface area (Å²) in [5, 5.41) is 1.26. The van der Waals surface area contributed by atoms with E-state index < -0.39 is 0 Å². The number of methoxy groups -OCH3 is 1. The minimum atomic E-state index is 0.450. The number of aromatic nitrogens is 1. The van der Waals surface area contributed by atoms with Crippen LogP contribution in [0.15, 0.2) is 67.0 Å². The van der Waals surface area contributed by atoms with E-state index in [1.807, 2.05) is 37.5 Å². The van der Waals surface area contributed by atoms with E-state index in [1.54, 1.807) is 18.4 Å². The van der Waals surface area contributed by atoms with Gasteiger partial charge in [0.2, 0.25) is 0 Å². The predicted molar refractivity (Wildman–Crippen MR) is 107 cm³/mol. The van der Waals surface area contributed by atoms with Crippen molar-refractivity contribution in [3.63, 3.8) is 0 Å². The van der Waals surface area contributed by atoms with E-state index in [1.165, 1.54) is 15.0 Å². The highest BCUT2D eigenvalue weighted by atomic mass is 32.1. The molecule has 0 spiro atoms. The van der Waals surface area contributed by atoms with Crippen molar-refractivity contribution in [3.8, 4) is 21.9 Å². The molecule has 2 aromatic heterocycles. The second-order valence-corrected chi connectivity index (χ2v) is 7.26. The molecular weight excluding hydrogens is 342 g/mol. The molecule has 0 aliphatic heterocycles. The summed E-state index contributed by atoms with van der Waals surface area (Å²) in [7, 11) is 1.66. The number of hydrogen-bond donors (Lipinski definition) is 0. The summed E-state index contributed by atoms with van der Waals surface area (Å²) in [4.78, 5) is 5.61. The molecule has 4 aromatic rings. The van der Waals surface area contributed by atoms with Crippen molar-refractivity contribution in [2.75, 3.05) is 7.11 Å². The van der Waals surface area contributed by atoms with Crippen LogP contribution in [0.25, 0.3) is 20.5 Å². The molecular formula is C22H19NO2S. The number of aryl methyl sites for hydroxylation is 1. The number of ether oxygens (including phenoxy) is 2. The molecule has 0 unspecified atom stereocenters. The van der Waals surface area contributed by atoms with Crippen LogP contribution in [0.3, 0.4) is 0 Å². The summed E-state index contributed by atoms with van der Waals surface area (Å²) in [5.74, 6) is 1.49. The Bertz CT molecular complexity index is 1020. The predicted octanol–water partition coefficient (Wildman–Crippen LogP) is 5.86. The van der Waals surface area contributed by atoms with Gasteiger partial charge in [-0.1, -0.05) is 24.3 Å². The second-order valence-electron chi connectivity index (χ2n) is 6.17. The van der Waals surface area contributed by atoms with Crippen LogP contribution in [0.2, 0.25) is 0 Å². The molecule has 3 nitrogen and oxygen atoms in total. The Hall–Kier alpha value is -2.85. The summed E-state index contributed by atoms with van der Waals surface area (Å²) in [5.41, 5.74) is 3.29. The first-order chi connectivity index (χ1) is 12.7. The fourth-order valence-corrected chi connectivity index (χ4v) is 3.92. The highest BCUT2D eigenvalue weighted by molar-refractivity contribution is 7.22. The van der Waals surface area contributed by atoms with Crippen LogP contribution in [0, 0.1) is 6.92 Å². The highest BCUT2D eigenvalue weighted by Crippen LogP contribution is 2.34. The first kappa shape index (κ1) is 16.6. The maximum atomic E-state index is 5.96. The smallest absolute Gasteiger partial charge is 0.161 e. The molecule has 4 heteroatoms. The molecule has 0 aliphatic rings. The normalized spacial score (nSPS) is 10.8. The topological polar surface area (TPSA) is 31.4 Å². The SMILES string of the molecule is COc1cc(C)ccc1OCc1cncc(-c2cc3ccccc3s2)c1. The summed E-state index contributed by atoms with van der Waals surface area (Å²) in [6, 6.07) is 18.7. The van der Waals surface area contributed by atoms with Gasteiger partial charge in [0.05, 0.1) is 7.11 Å². The Balaban J connectivity index is 1.56. The van der Waals surface area contributed by atoms with Crippen molar-refractivity contribution in [2.24, 2.45) is 0 Å². The fourth-order valence-electron chi connectivity index (χ4n) is 2.88. The number of nitrogens with zero attached hydrogens (tertiary/aromatic N) is 1. The molecule has 130 valence electrons. The molecule has 0 fully saturated rings. The molecule has 0 saturated carbocycles. The van der Waals surface area contributed by atoms with E-state index in [0.717, 1.165) is 28.2 Å². The van der Waals surface area contributed by atoms with Gasteiger partial charge >= 0.3 is 0 Å². The van der Waals surface area contributed by atoms with Gasteiger partial charge in [-0.05, 0) is 48.2 Å². The van der Waals surface area contributed by atoms with Crippen LogP contribution in [0.4, 0.5) is 0 Å². The molecule has 4 rings (SSSR count). The van der Waals surface area contributed by atoms with Gasteiger partial charge in [0, 0.05) is 33.1 Å². The van der Waals surface area contributed by atoms with E-state index in [4.69, 9.17) is 9.47 Å². The van der Waals surface area contributed by atoms with Crippen molar-refractivity contribution < 1.29 is 9.47 Å². The highest BCUT2D eigenvalue weighted by Gasteiger charge is 2.08. The summed E-state index contributed by atoms with van der Waals surface area (Å²) < 4.78 is 12.6. The monoisotopic (exact) mass is 361 g/mol. The summed E-state index contributed by atoms with van der Waals surface area (Å²) in [6.07, 6.45) is 3.75. The van der Waals surface area contributed by atoms with Crippen molar-refractivity contribution in [2.45, 2.75) is 13.5 Å². The first-order valence-electron chi connectivity index (χ1n) is 8.43. The van der Waals surface area contributed by atoms with Gasteiger partial charge in [0.25, 0.3) is 0 Å². The van der Waals surface area contributed by atoms with Crippen LogP contribution in [-0.4, -0.2) is 12.1 Å². The van der Waals surface area contributed by atoms with E-state index in [9.17, 15) is 0 Å². The molecule has 2 aromatic carbocycles. The minimum Gasteiger partial charge on any atom is -0.493 e. The summed E-state index contributed by atoms with van der Waals surface area (Å²) in [6.45, 7) is 2.48. The lowest BCUT2D eigenvalue weighted by Gasteiger charge is -2.11. The number of hydrogen-bond acceptors (Lipinski definition) is 4. The number of benzene rings is 2. The largest absolute Gasteiger partial charge is 0.493 e. The minimum absolute atomic E-state index is 0.450. The number of fused-ring (bicyclic) bond motifs is 1. The molecule has 0 atom stereocenters. The van der Waals surface area contributed by atoms with Crippen molar-refractivity contribution in [3.05, 3.63) is 78.1 Å². The van der Waals surface area contributed by atoms with Crippen molar-refractivity contribution >= 4 is 21.4 Å². The Morgan fingerprint density at radius 3 is 2.69 bits per heavy atom. The van der Waals surface area contributed by atoms with Gasteiger partial charge in [-0.25, -0.2) is 0 Å². The maximum absolute atomic E-state index is 5.96. The zero-order valence-corrected chi connectivity index (χ0v) is 15.5.